The van der Waals surface area contributed by atoms with Crippen LogP contribution in [0.5, 0.6) is 0 Å². The normalized spacial score (nSPS) is 20.6. The lowest BCUT2D eigenvalue weighted by Gasteiger charge is -2.41. The summed E-state index contributed by atoms with van der Waals surface area (Å²) in [5.41, 5.74) is 4.15. The number of aliphatic hydroxyl groups is 1. The lowest BCUT2D eigenvalue weighted by molar-refractivity contribution is -0.645. The molecule has 1 aliphatic heterocycles. The van der Waals surface area contributed by atoms with Gasteiger partial charge in [-0.1, -0.05) is 67.2 Å². The van der Waals surface area contributed by atoms with E-state index in [2.05, 4.69) is 17.2 Å². The van der Waals surface area contributed by atoms with Crippen LogP contribution in [0.3, 0.4) is 0 Å². The molecule has 0 radical (unpaired) electrons. The average molecular weight is 558 g/mol. The second kappa shape index (κ2) is 13.1. The third kappa shape index (κ3) is 6.68. The smallest absolute Gasteiger partial charge is 0.253 e. The summed E-state index contributed by atoms with van der Waals surface area (Å²) in [6, 6.07) is 24.4. The van der Waals surface area contributed by atoms with Gasteiger partial charge in [0.25, 0.3) is 10.9 Å². The molecule has 2 aromatic carbocycles. The van der Waals surface area contributed by atoms with Crippen LogP contribution in [-0.4, -0.2) is 27.9 Å². The molecule has 1 amide bonds. The number of rotatable bonds is 9. The number of aromatic nitrogens is 2. The van der Waals surface area contributed by atoms with E-state index in [9.17, 15) is 15.1 Å². The minimum Gasteiger partial charge on any atom is -0.618 e. The highest BCUT2D eigenvalue weighted by Gasteiger charge is 2.38. The van der Waals surface area contributed by atoms with E-state index in [0.29, 0.717) is 22.9 Å². The molecule has 1 aliphatic rings. The van der Waals surface area contributed by atoms with Crippen LogP contribution in [0.4, 0.5) is 0 Å². The molecule has 0 bridgehead atoms. The van der Waals surface area contributed by atoms with Gasteiger partial charge in [-0.05, 0) is 34.9 Å². The molecule has 4 atom stereocenters. The Morgan fingerprint density at radius 1 is 1.00 bits per heavy atom. The molecule has 1 fully saturated rings. The Kier molecular flexibility index (Phi) is 9.08. The number of carbonyl (C=O) groups excluding carboxylic acids is 1. The summed E-state index contributed by atoms with van der Waals surface area (Å²) in [5, 5.41) is 25.2. The number of ether oxygens (including phenoxy) is 2. The van der Waals surface area contributed by atoms with Gasteiger partial charge in [-0.2, -0.15) is 4.73 Å². The Labute approximate surface area is 237 Å². The van der Waals surface area contributed by atoms with Gasteiger partial charge in [0, 0.05) is 48.3 Å². The van der Waals surface area contributed by atoms with Crippen LogP contribution >= 0.6 is 11.8 Å². The summed E-state index contributed by atoms with van der Waals surface area (Å²) in [6.07, 6.45) is 3.61. The van der Waals surface area contributed by atoms with Crippen LogP contribution in [-0.2, 0) is 22.6 Å². The number of nitrogens with one attached hydrogen (secondary N) is 1. The minimum atomic E-state index is -0.612. The molecule has 206 valence electrons. The Bertz CT molecular complexity index is 1400. The van der Waals surface area contributed by atoms with E-state index < -0.39 is 6.29 Å². The number of thioether (sulfide) groups is 1. The molecule has 0 aliphatic carbocycles. The van der Waals surface area contributed by atoms with E-state index in [1.807, 2.05) is 54.6 Å². The van der Waals surface area contributed by atoms with Crippen LogP contribution in [0.15, 0.2) is 102 Å². The molecule has 5 rings (SSSR count). The van der Waals surface area contributed by atoms with E-state index in [0.717, 1.165) is 27.0 Å². The highest BCUT2D eigenvalue weighted by atomic mass is 32.2. The van der Waals surface area contributed by atoms with Gasteiger partial charge in [-0.3, -0.25) is 9.78 Å². The maximum absolute atomic E-state index is 12.4. The summed E-state index contributed by atoms with van der Waals surface area (Å²) in [4.78, 5) is 16.4. The maximum atomic E-state index is 12.4. The van der Waals surface area contributed by atoms with Crippen LogP contribution < -0.4 is 10.0 Å². The van der Waals surface area contributed by atoms with Crippen molar-refractivity contribution in [3.8, 4) is 0 Å². The summed E-state index contributed by atoms with van der Waals surface area (Å²) in [5.74, 6) is 0.407. The van der Waals surface area contributed by atoms with E-state index >= 15 is 0 Å². The van der Waals surface area contributed by atoms with Crippen molar-refractivity contribution in [2.75, 3.05) is 5.75 Å². The van der Waals surface area contributed by atoms with E-state index in [1.165, 1.54) is 24.2 Å². The first-order chi connectivity index (χ1) is 19.5. The predicted octanol–water partition coefficient (Wildman–Crippen LogP) is 4.72. The lowest BCUT2D eigenvalue weighted by Crippen LogP contribution is -2.39. The molecular formula is C31H31N3O5S. The molecule has 9 heteroatoms. The maximum Gasteiger partial charge on any atom is 0.253 e. The van der Waals surface area contributed by atoms with Gasteiger partial charge in [-0.25, -0.2) is 0 Å². The number of benzene rings is 2. The van der Waals surface area contributed by atoms with Gasteiger partial charge in [0.05, 0.1) is 24.4 Å². The summed E-state index contributed by atoms with van der Waals surface area (Å²) in [7, 11) is 0. The third-order valence-corrected chi connectivity index (χ3v) is 8.04. The van der Waals surface area contributed by atoms with Gasteiger partial charge >= 0.3 is 0 Å². The van der Waals surface area contributed by atoms with Crippen molar-refractivity contribution >= 4 is 17.7 Å². The average Bonchev–Trinajstić information content (AvgIpc) is 3.01. The Morgan fingerprint density at radius 3 is 2.45 bits per heavy atom. The standard InChI is InChI=1S/C31H31N3O5S/c1-21-27(20-40-28-6-2-3-16-34(28)37)38-31(39-29(21)24-11-9-23(19-35)10-12-24)25-13-7-22(8-14-25)17-33-30(36)26-5-4-15-32-18-26/h2-16,18,21,27,29,31,35H,17,19-20H2,1H3,(H,33,36). The van der Waals surface area contributed by atoms with Crippen molar-refractivity contribution in [2.45, 2.75) is 43.6 Å². The Balaban J connectivity index is 1.31. The number of aliphatic hydroxyl groups excluding tert-OH is 1. The lowest BCUT2D eigenvalue weighted by atomic mass is 9.91. The molecule has 4 aromatic rings. The Morgan fingerprint density at radius 2 is 1.75 bits per heavy atom. The molecule has 40 heavy (non-hydrogen) atoms. The largest absolute Gasteiger partial charge is 0.618 e. The molecule has 8 nitrogen and oxygen atoms in total. The fourth-order valence-electron chi connectivity index (χ4n) is 4.58. The molecule has 1 saturated heterocycles. The third-order valence-electron chi connectivity index (χ3n) is 6.94. The Hall–Kier alpha value is -3.76. The van der Waals surface area contributed by atoms with Crippen molar-refractivity contribution in [2.24, 2.45) is 5.92 Å². The highest BCUT2D eigenvalue weighted by molar-refractivity contribution is 7.99. The van der Waals surface area contributed by atoms with Crippen molar-refractivity contribution in [1.82, 2.24) is 10.3 Å². The molecule has 0 saturated carbocycles. The molecule has 3 heterocycles. The fraction of sp³-hybridized carbons (Fsp3) is 0.258. The van der Waals surface area contributed by atoms with Crippen molar-refractivity contribution < 1.29 is 24.1 Å². The first-order valence-electron chi connectivity index (χ1n) is 13.1. The van der Waals surface area contributed by atoms with Crippen LogP contribution in [0.25, 0.3) is 0 Å². The van der Waals surface area contributed by atoms with Gasteiger partial charge in [-0.15, -0.1) is 0 Å². The van der Waals surface area contributed by atoms with Crippen LogP contribution in [0.1, 0.15) is 51.9 Å². The number of nitrogens with zero attached hydrogens (tertiary/aromatic N) is 2. The van der Waals surface area contributed by atoms with E-state index in [1.54, 1.807) is 30.5 Å². The van der Waals surface area contributed by atoms with Crippen molar-refractivity contribution in [3.05, 3.63) is 130 Å². The number of carbonyl (C=O) groups is 1. The number of hydrogen-bond donors (Lipinski definition) is 2. The van der Waals surface area contributed by atoms with Gasteiger partial charge in [0.2, 0.25) is 0 Å². The second-order valence-electron chi connectivity index (χ2n) is 9.66. The van der Waals surface area contributed by atoms with Crippen LogP contribution in [0, 0.1) is 11.1 Å². The first-order valence-corrected chi connectivity index (χ1v) is 14.1. The fourth-order valence-corrected chi connectivity index (χ4v) is 5.66. The van der Waals surface area contributed by atoms with Gasteiger partial charge in [0.15, 0.2) is 12.5 Å². The topological polar surface area (TPSA) is 108 Å². The highest BCUT2D eigenvalue weighted by Crippen LogP contribution is 2.42. The molecular weight excluding hydrogens is 526 g/mol. The zero-order chi connectivity index (χ0) is 27.9. The number of hydrogen-bond acceptors (Lipinski definition) is 7. The quantitative estimate of drug-likeness (QED) is 0.174. The number of pyridine rings is 2. The van der Waals surface area contributed by atoms with E-state index in [-0.39, 0.29) is 30.6 Å². The molecule has 4 unspecified atom stereocenters. The summed E-state index contributed by atoms with van der Waals surface area (Å²) in [6.45, 7) is 2.45. The zero-order valence-corrected chi connectivity index (χ0v) is 22.9. The molecule has 2 N–H and O–H groups in total. The predicted molar refractivity (Wildman–Crippen MR) is 151 cm³/mol. The van der Waals surface area contributed by atoms with Crippen molar-refractivity contribution in [1.29, 1.82) is 0 Å². The van der Waals surface area contributed by atoms with Crippen LogP contribution in [0.2, 0.25) is 0 Å². The molecule has 0 spiro atoms. The first kappa shape index (κ1) is 27.8. The van der Waals surface area contributed by atoms with Crippen molar-refractivity contribution in [3.63, 3.8) is 0 Å². The summed E-state index contributed by atoms with van der Waals surface area (Å²) >= 11 is 1.46. The second-order valence-corrected chi connectivity index (χ2v) is 10.7. The van der Waals surface area contributed by atoms with E-state index in [4.69, 9.17) is 9.47 Å². The SMILES string of the molecule is CC1C(CSc2cccc[n+]2[O-])OC(c2ccc(CNC(=O)c3cccnc3)cc2)OC1c1ccc(CO)cc1. The monoisotopic (exact) mass is 557 g/mol. The van der Waals surface area contributed by atoms with Gasteiger partial charge < -0.3 is 25.1 Å². The summed E-state index contributed by atoms with van der Waals surface area (Å²) < 4.78 is 13.8. The minimum absolute atomic E-state index is 0.00880. The molecule has 2 aromatic heterocycles. The zero-order valence-electron chi connectivity index (χ0n) is 22.1. The van der Waals surface area contributed by atoms with Gasteiger partial charge in [0.1, 0.15) is 0 Å². The number of amides is 1.